The summed E-state index contributed by atoms with van der Waals surface area (Å²) in [6.45, 7) is 4.68. The molecule has 1 N–H and O–H groups in total. The van der Waals surface area contributed by atoms with Gasteiger partial charge in [-0.3, -0.25) is 0 Å². The number of rotatable bonds is 4. The van der Waals surface area contributed by atoms with E-state index in [1.54, 1.807) is 0 Å². The van der Waals surface area contributed by atoms with Crippen molar-refractivity contribution in [2.45, 2.75) is 19.3 Å². The Morgan fingerprint density at radius 3 is 1.97 bits per heavy atom. The molecule has 1 aliphatic carbocycles. The summed E-state index contributed by atoms with van der Waals surface area (Å²) < 4.78 is 0. The van der Waals surface area contributed by atoms with E-state index < -0.39 is 0 Å². The Kier molecular flexibility index (Phi) is 5.19. The third-order valence-corrected chi connectivity index (χ3v) is 8.07. The number of nitrogens with one attached hydrogen (secondary N) is 1. The third kappa shape index (κ3) is 3.63. The van der Waals surface area contributed by atoms with Gasteiger partial charge >= 0.3 is 0 Å². The normalized spacial score (nSPS) is 13.2. The number of hydrogen-bond acceptors (Lipinski definition) is 1. The minimum absolute atomic E-state index is 0.0587. The fourth-order valence-corrected chi connectivity index (χ4v) is 6.07. The Labute approximate surface area is 224 Å². The van der Waals surface area contributed by atoms with Crippen LogP contribution in [0.1, 0.15) is 25.0 Å². The molecule has 0 amide bonds. The molecule has 182 valence electrons. The topological polar surface area (TPSA) is 12.0 Å². The van der Waals surface area contributed by atoms with Crippen LogP contribution in [0.4, 0.5) is 11.4 Å². The molecule has 0 aliphatic heterocycles. The van der Waals surface area contributed by atoms with E-state index in [2.05, 4.69) is 153 Å². The molecule has 6 aromatic rings. The predicted molar refractivity (Wildman–Crippen MR) is 162 cm³/mol. The lowest BCUT2D eigenvalue weighted by Crippen LogP contribution is -2.15. The van der Waals surface area contributed by atoms with Crippen LogP contribution in [-0.4, -0.2) is 0 Å². The van der Waals surface area contributed by atoms with Crippen LogP contribution in [0.25, 0.3) is 44.2 Å². The fourth-order valence-electron chi connectivity index (χ4n) is 6.07. The first-order valence-corrected chi connectivity index (χ1v) is 13.3. The van der Waals surface area contributed by atoms with E-state index >= 15 is 0 Å². The number of benzene rings is 6. The fraction of sp³-hybridized carbons (Fsp3) is 0.0811. The first-order valence-electron chi connectivity index (χ1n) is 13.3. The Balaban J connectivity index is 1.40. The van der Waals surface area contributed by atoms with Crippen LogP contribution in [0.15, 0.2) is 133 Å². The molecule has 0 spiro atoms. The van der Waals surface area contributed by atoms with Gasteiger partial charge in [0.25, 0.3) is 0 Å². The minimum Gasteiger partial charge on any atom is -0.355 e. The van der Waals surface area contributed by atoms with Crippen LogP contribution in [0.5, 0.6) is 0 Å². The second-order valence-electron chi connectivity index (χ2n) is 10.7. The molecule has 0 bridgehead atoms. The van der Waals surface area contributed by atoms with Gasteiger partial charge in [-0.2, -0.15) is 0 Å². The average Bonchev–Trinajstić information content (AvgIpc) is 3.19. The van der Waals surface area contributed by atoms with Crippen LogP contribution in [-0.2, 0) is 5.41 Å². The average molecular weight is 488 g/mol. The molecule has 0 radical (unpaired) electrons. The molecule has 1 aliphatic rings. The van der Waals surface area contributed by atoms with E-state index in [9.17, 15) is 0 Å². The first-order chi connectivity index (χ1) is 18.6. The summed E-state index contributed by atoms with van der Waals surface area (Å²) in [7, 11) is 0. The maximum atomic E-state index is 3.81. The van der Waals surface area contributed by atoms with Crippen LogP contribution >= 0.6 is 0 Å². The summed E-state index contributed by atoms with van der Waals surface area (Å²) in [5.41, 5.74) is 12.5. The van der Waals surface area contributed by atoms with Crippen molar-refractivity contribution in [3.8, 4) is 33.4 Å². The Morgan fingerprint density at radius 1 is 0.474 bits per heavy atom. The van der Waals surface area contributed by atoms with Crippen LogP contribution in [0.2, 0.25) is 0 Å². The molecule has 6 aromatic carbocycles. The Morgan fingerprint density at radius 2 is 1.13 bits per heavy atom. The van der Waals surface area contributed by atoms with Gasteiger partial charge in [-0.25, -0.2) is 0 Å². The Hall–Kier alpha value is -4.62. The standard InChI is InChI=1S/C37H29N/c1-37(2)34-18-9-8-16-31(34)32-23-33(30-17-10-14-27-13-6-7-15-29(27)30)36(24-35(32)37)38-28-21-19-26(20-22-28)25-11-4-3-5-12-25/h3-24,38H,1-2H3. The van der Waals surface area contributed by atoms with E-state index in [4.69, 9.17) is 0 Å². The number of fused-ring (bicyclic) bond motifs is 4. The Bertz CT molecular complexity index is 1790. The zero-order valence-electron chi connectivity index (χ0n) is 21.7. The van der Waals surface area contributed by atoms with Gasteiger partial charge in [0.1, 0.15) is 0 Å². The summed E-state index contributed by atoms with van der Waals surface area (Å²) in [5, 5.41) is 6.33. The zero-order valence-corrected chi connectivity index (χ0v) is 21.7. The molecule has 7 rings (SSSR count). The summed E-state index contributed by atoms with van der Waals surface area (Å²) in [5.74, 6) is 0. The van der Waals surface area contributed by atoms with Crippen LogP contribution in [0, 0.1) is 0 Å². The lowest BCUT2D eigenvalue weighted by atomic mass is 9.81. The largest absolute Gasteiger partial charge is 0.355 e. The molecule has 0 heterocycles. The zero-order chi connectivity index (χ0) is 25.7. The smallest absolute Gasteiger partial charge is 0.0467 e. The quantitative estimate of drug-likeness (QED) is 0.261. The summed E-state index contributed by atoms with van der Waals surface area (Å²) >= 11 is 0. The van der Waals surface area contributed by atoms with E-state index in [-0.39, 0.29) is 5.41 Å². The molecule has 0 saturated heterocycles. The van der Waals surface area contributed by atoms with E-state index in [0.29, 0.717) is 0 Å². The van der Waals surface area contributed by atoms with Crippen molar-refractivity contribution < 1.29 is 0 Å². The molecule has 1 heteroatoms. The lowest BCUT2D eigenvalue weighted by Gasteiger charge is -2.23. The first kappa shape index (κ1) is 22.6. The number of hydrogen-bond donors (Lipinski definition) is 1. The molecule has 0 unspecified atom stereocenters. The van der Waals surface area contributed by atoms with Gasteiger partial charge in [-0.15, -0.1) is 0 Å². The van der Waals surface area contributed by atoms with Gasteiger partial charge < -0.3 is 5.32 Å². The lowest BCUT2D eigenvalue weighted by molar-refractivity contribution is 0.660. The summed E-state index contributed by atoms with van der Waals surface area (Å²) in [6.07, 6.45) is 0. The second-order valence-corrected chi connectivity index (χ2v) is 10.7. The highest BCUT2D eigenvalue weighted by molar-refractivity contribution is 6.02. The molecular formula is C37H29N. The molecular weight excluding hydrogens is 458 g/mol. The van der Waals surface area contributed by atoms with Gasteiger partial charge in [0.05, 0.1) is 0 Å². The van der Waals surface area contributed by atoms with Crippen molar-refractivity contribution >= 4 is 22.1 Å². The van der Waals surface area contributed by atoms with Gasteiger partial charge in [-0.05, 0) is 74.0 Å². The highest BCUT2D eigenvalue weighted by Crippen LogP contribution is 2.52. The predicted octanol–water partition coefficient (Wildman–Crippen LogP) is 10.2. The van der Waals surface area contributed by atoms with Crippen LogP contribution < -0.4 is 5.32 Å². The van der Waals surface area contributed by atoms with E-state index in [1.807, 2.05) is 0 Å². The van der Waals surface area contributed by atoms with Gasteiger partial charge in [-0.1, -0.05) is 123 Å². The highest BCUT2D eigenvalue weighted by atomic mass is 14.9. The van der Waals surface area contributed by atoms with Crippen molar-refractivity contribution in [2.75, 3.05) is 5.32 Å². The molecule has 0 saturated carbocycles. The minimum atomic E-state index is -0.0587. The third-order valence-electron chi connectivity index (χ3n) is 8.07. The molecule has 0 fully saturated rings. The SMILES string of the molecule is CC1(C)c2ccccc2-c2cc(-c3cccc4ccccc34)c(Nc3ccc(-c4ccccc4)cc3)cc21. The van der Waals surface area contributed by atoms with E-state index in [1.165, 1.54) is 55.3 Å². The monoisotopic (exact) mass is 487 g/mol. The molecule has 0 atom stereocenters. The highest BCUT2D eigenvalue weighted by Gasteiger charge is 2.36. The van der Waals surface area contributed by atoms with Crippen LogP contribution in [0.3, 0.4) is 0 Å². The summed E-state index contributed by atoms with van der Waals surface area (Å²) in [6, 6.07) is 48.2. The van der Waals surface area contributed by atoms with Gasteiger partial charge in [0.2, 0.25) is 0 Å². The molecule has 38 heavy (non-hydrogen) atoms. The maximum absolute atomic E-state index is 3.81. The molecule has 0 aromatic heterocycles. The van der Waals surface area contributed by atoms with Crippen molar-refractivity contribution in [3.05, 3.63) is 145 Å². The van der Waals surface area contributed by atoms with Crippen molar-refractivity contribution in [3.63, 3.8) is 0 Å². The van der Waals surface area contributed by atoms with Crippen molar-refractivity contribution in [1.82, 2.24) is 0 Å². The maximum Gasteiger partial charge on any atom is 0.0467 e. The van der Waals surface area contributed by atoms with Gasteiger partial charge in [0, 0.05) is 22.4 Å². The van der Waals surface area contributed by atoms with Crippen molar-refractivity contribution in [1.29, 1.82) is 0 Å². The van der Waals surface area contributed by atoms with Gasteiger partial charge in [0.15, 0.2) is 0 Å². The molecule has 1 nitrogen and oxygen atoms in total. The van der Waals surface area contributed by atoms with Crippen molar-refractivity contribution in [2.24, 2.45) is 0 Å². The van der Waals surface area contributed by atoms with E-state index in [0.717, 1.165) is 11.4 Å². The second kappa shape index (κ2) is 8.75. The number of anilines is 2. The summed E-state index contributed by atoms with van der Waals surface area (Å²) in [4.78, 5) is 0.